The van der Waals surface area contributed by atoms with Gasteiger partial charge in [-0.1, -0.05) is 42.0 Å². The van der Waals surface area contributed by atoms with Gasteiger partial charge in [-0.05, 0) is 45.1 Å². The summed E-state index contributed by atoms with van der Waals surface area (Å²) in [4.78, 5) is 14.4. The number of hydrogen-bond donors (Lipinski definition) is 2. The zero-order valence-corrected chi connectivity index (χ0v) is 16.3. The molecule has 2 N–H and O–H groups in total. The number of methoxy groups -OCH3 is 1. The van der Waals surface area contributed by atoms with Gasteiger partial charge in [0.25, 0.3) is 0 Å². The highest BCUT2D eigenvalue weighted by molar-refractivity contribution is 5.74. The number of amides is 2. The van der Waals surface area contributed by atoms with Gasteiger partial charge in [0.05, 0.1) is 13.2 Å². The zero-order valence-electron chi connectivity index (χ0n) is 16.3. The van der Waals surface area contributed by atoms with Gasteiger partial charge in [0.15, 0.2) is 0 Å². The van der Waals surface area contributed by atoms with E-state index >= 15 is 0 Å². The Hall–Kier alpha value is -2.53. The minimum absolute atomic E-state index is 0.146. The molecule has 0 aliphatic carbocycles. The molecule has 2 aromatic rings. The maximum absolute atomic E-state index is 12.2. The van der Waals surface area contributed by atoms with Crippen molar-refractivity contribution in [1.82, 2.24) is 15.5 Å². The van der Waals surface area contributed by atoms with Crippen LogP contribution in [0.5, 0.6) is 5.75 Å². The van der Waals surface area contributed by atoms with Gasteiger partial charge in [-0.2, -0.15) is 0 Å². The highest BCUT2D eigenvalue weighted by atomic mass is 16.5. The number of hydrogen-bond acceptors (Lipinski definition) is 3. The Balaban J connectivity index is 1.89. The fraction of sp³-hybridized carbons (Fsp3) is 0.381. The predicted molar refractivity (Wildman–Crippen MR) is 105 cm³/mol. The number of benzene rings is 2. The van der Waals surface area contributed by atoms with Crippen molar-refractivity contribution < 1.29 is 9.53 Å². The maximum atomic E-state index is 12.2. The normalized spacial score (nSPS) is 11.9. The molecule has 5 nitrogen and oxygen atoms in total. The van der Waals surface area contributed by atoms with Crippen molar-refractivity contribution in [2.24, 2.45) is 0 Å². The van der Waals surface area contributed by atoms with Gasteiger partial charge < -0.3 is 20.3 Å². The van der Waals surface area contributed by atoms with E-state index < -0.39 is 0 Å². The highest BCUT2D eigenvalue weighted by Gasteiger charge is 2.14. The molecule has 26 heavy (non-hydrogen) atoms. The minimum atomic E-state index is -0.196. The van der Waals surface area contributed by atoms with Crippen LogP contribution in [0.1, 0.15) is 35.2 Å². The molecule has 140 valence electrons. The Morgan fingerprint density at radius 3 is 2.38 bits per heavy atom. The van der Waals surface area contributed by atoms with Crippen LogP contribution < -0.4 is 15.4 Å². The summed E-state index contributed by atoms with van der Waals surface area (Å²) in [6, 6.07) is 13.9. The summed E-state index contributed by atoms with van der Waals surface area (Å²) in [6.45, 7) is 5.37. The van der Waals surface area contributed by atoms with E-state index in [0.29, 0.717) is 6.54 Å². The van der Waals surface area contributed by atoms with E-state index in [1.54, 1.807) is 7.11 Å². The molecule has 1 unspecified atom stereocenters. The molecule has 5 heteroatoms. The molecule has 0 saturated carbocycles. The van der Waals surface area contributed by atoms with Crippen molar-refractivity contribution in [1.29, 1.82) is 0 Å². The second-order valence-electron chi connectivity index (χ2n) is 6.85. The summed E-state index contributed by atoms with van der Waals surface area (Å²) >= 11 is 0. The van der Waals surface area contributed by atoms with Crippen LogP contribution in [0, 0.1) is 6.92 Å². The molecule has 0 aliphatic heterocycles. The van der Waals surface area contributed by atoms with E-state index in [4.69, 9.17) is 4.74 Å². The lowest BCUT2D eigenvalue weighted by Crippen LogP contribution is -2.36. The third-order valence-corrected chi connectivity index (χ3v) is 4.17. The summed E-state index contributed by atoms with van der Waals surface area (Å²) < 4.78 is 5.40. The molecular formula is C21H29N3O2. The van der Waals surface area contributed by atoms with Crippen molar-refractivity contribution in [3.05, 3.63) is 64.7 Å². The van der Waals surface area contributed by atoms with Gasteiger partial charge in [-0.15, -0.1) is 0 Å². The van der Waals surface area contributed by atoms with E-state index in [2.05, 4.69) is 27.7 Å². The molecule has 0 saturated heterocycles. The summed E-state index contributed by atoms with van der Waals surface area (Å²) in [6.07, 6.45) is 0. The molecular weight excluding hydrogens is 326 g/mol. The smallest absolute Gasteiger partial charge is 0.315 e. The van der Waals surface area contributed by atoms with Gasteiger partial charge in [0.2, 0.25) is 0 Å². The molecule has 1 atom stereocenters. The van der Waals surface area contributed by atoms with Crippen molar-refractivity contribution in [2.45, 2.75) is 33.0 Å². The first-order chi connectivity index (χ1) is 12.4. The Bertz CT molecular complexity index is 727. The van der Waals surface area contributed by atoms with Crippen molar-refractivity contribution in [2.75, 3.05) is 21.2 Å². The fourth-order valence-corrected chi connectivity index (χ4v) is 2.83. The molecule has 0 spiro atoms. The number of carbonyl (C=O) groups is 1. The van der Waals surface area contributed by atoms with Crippen LogP contribution in [0.2, 0.25) is 0 Å². The quantitative estimate of drug-likeness (QED) is 0.797. The van der Waals surface area contributed by atoms with Crippen molar-refractivity contribution in [3.63, 3.8) is 0 Å². The fourth-order valence-electron chi connectivity index (χ4n) is 2.83. The van der Waals surface area contributed by atoms with Gasteiger partial charge in [-0.3, -0.25) is 0 Å². The first-order valence-electron chi connectivity index (χ1n) is 8.80. The molecule has 2 rings (SSSR count). The Morgan fingerprint density at radius 2 is 1.77 bits per heavy atom. The number of carbonyl (C=O) groups excluding carboxylic acids is 1. The van der Waals surface area contributed by atoms with Gasteiger partial charge in [0, 0.05) is 18.7 Å². The molecule has 0 aromatic heterocycles. The lowest BCUT2D eigenvalue weighted by atomic mass is 10.0. The number of ether oxygens (including phenoxy) is 1. The van der Waals surface area contributed by atoms with Crippen molar-refractivity contribution in [3.8, 4) is 5.75 Å². The third-order valence-electron chi connectivity index (χ3n) is 4.17. The minimum Gasteiger partial charge on any atom is -0.496 e. The first kappa shape index (κ1) is 19.8. The standard InChI is InChI=1S/C21H29N3O2/c1-15-6-11-20(26-5)19(12-15)16(2)23-21(25)22-13-17-7-9-18(10-8-17)14-24(3)4/h6-12,16H,13-14H2,1-5H3,(H2,22,23,25). The summed E-state index contributed by atoms with van der Waals surface area (Å²) in [5.74, 6) is 0.778. The summed E-state index contributed by atoms with van der Waals surface area (Å²) in [7, 11) is 5.73. The SMILES string of the molecule is COc1ccc(C)cc1C(C)NC(=O)NCc1ccc(CN(C)C)cc1. The van der Waals surface area contributed by atoms with Crippen LogP contribution in [-0.4, -0.2) is 32.1 Å². The number of aryl methyl sites for hydroxylation is 1. The van der Waals surface area contributed by atoms with Crippen molar-refractivity contribution >= 4 is 6.03 Å². The van der Waals surface area contributed by atoms with Crippen LogP contribution in [0.3, 0.4) is 0 Å². The summed E-state index contributed by atoms with van der Waals surface area (Å²) in [5, 5.41) is 5.88. The van der Waals surface area contributed by atoms with Gasteiger partial charge in [0.1, 0.15) is 5.75 Å². The van der Waals surface area contributed by atoms with Crippen LogP contribution >= 0.6 is 0 Å². The van der Waals surface area contributed by atoms with Gasteiger partial charge >= 0.3 is 6.03 Å². The van der Waals surface area contributed by atoms with Crippen LogP contribution in [-0.2, 0) is 13.1 Å². The molecule has 0 fully saturated rings. The van der Waals surface area contributed by atoms with Crippen LogP contribution in [0.25, 0.3) is 0 Å². The molecule has 0 bridgehead atoms. The average molecular weight is 355 g/mol. The Kier molecular flexibility index (Phi) is 7.04. The lowest BCUT2D eigenvalue weighted by Gasteiger charge is -2.18. The van der Waals surface area contributed by atoms with E-state index in [0.717, 1.165) is 29.0 Å². The zero-order chi connectivity index (χ0) is 19.1. The van der Waals surface area contributed by atoms with E-state index in [1.807, 2.05) is 58.3 Å². The first-order valence-corrected chi connectivity index (χ1v) is 8.80. The Labute approximate surface area is 156 Å². The van der Waals surface area contributed by atoms with Crippen LogP contribution in [0.4, 0.5) is 4.79 Å². The monoisotopic (exact) mass is 355 g/mol. The maximum Gasteiger partial charge on any atom is 0.315 e. The van der Waals surface area contributed by atoms with Gasteiger partial charge in [-0.25, -0.2) is 4.79 Å². The topological polar surface area (TPSA) is 53.6 Å². The molecule has 0 aliphatic rings. The average Bonchev–Trinajstić information content (AvgIpc) is 2.60. The third kappa shape index (κ3) is 5.77. The number of urea groups is 1. The number of nitrogens with one attached hydrogen (secondary N) is 2. The van der Waals surface area contributed by atoms with E-state index in [9.17, 15) is 4.79 Å². The predicted octanol–water partition coefficient (Wildman–Crippen LogP) is 3.63. The molecule has 2 aromatic carbocycles. The lowest BCUT2D eigenvalue weighted by molar-refractivity contribution is 0.237. The Morgan fingerprint density at radius 1 is 1.12 bits per heavy atom. The molecule has 2 amide bonds. The van der Waals surface area contributed by atoms with Crippen LogP contribution in [0.15, 0.2) is 42.5 Å². The number of nitrogens with zero attached hydrogens (tertiary/aromatic N) is 1. The highest BCUT2D eigenvalue weighted by Crippen LogP contribution is 2.25. The second-order valence-corrected chi connectivity index (χ2v) is 6.85. The number of rotatable bonds is 7. The van der Waals surface area contributed by atoms with E-state index in [1.165, 1.54) is 5.56 Å². The molecule has 0 heterocycles. The summed E-state index contributed by atoms with van der Waals surface area (Å²) in [5.41, 5.74) is 4.43. The largest absolute Gasteiger partial charge is 0.496 e. The molecule has 0 radical (unpaired) electrons. The second kappa shape index (κ2) is 9.25. The van der Waals surface area contributed by atoms with E-state index in [-0.39, 0.29) is 12.1 Å².